The maximum Gasteiger partial charge on any atom is 0.191 e. The Bertz CT molecular complexity index is 602. The van der Waals surface area contributed by atoms with Crippen LogP contribution in [0.4, 0.5) is 4.39 Å². The van der Waals surface area contributed by atoms with Crippen LogP contribution in [0.15, 0.2) is 52.1 Å². The SMILES string of the molecule is CCCN=C(NCCc1ccco1)NCCc1ccccc1F.I. The molecule has 1 aromatic carbocycles. The second-order valence-corrected chi connectivity index (χ2v) is 5.25. The Morgan fingerprint density at radius 1 is 1.08 bits per heavy atom. The number of guanidine groups is 1. The van der Waals surface area contributed by atoms with Crippen molar-refractivity contribution in [1.82, 2.24) is 10.6 Å². The summed E-state index contributed by atoms with van der Waals surface area (Å²) in [5.74, 6) is 1.54. The van der Waals surface area contributed by atoms with Gasteiger partial charge in [0.15, 0.2) is 5.96 Å². The Morgan fingerprint density at radius 3 is 2.50 bits per heavy atom. The molecule has 0 amide bonds. The van der Waals surface area contributed by atoms with Gasteiger partial charge in [0.25, 0.3) is 0 Å². The third-order valence-corrected chi connectivity index (χ3v) is 3.38. The van der Waals surface area contributed by atoms with E-state index in [9.17, 15) is 4.39 Å². The van der Waals surface area contributed by atoms with E-state index in [0.717, 1.165) is 37.7 Å². The van der Waals surface area contributed by atoms with E-state index >= 15 is 0 Å². The van der Waals surface area contributed by atoms with Crippen molar-refractivity contribution >= 4 is 29.9 Å². The summed E-state index contributed by atoms with van der Waals surface area (Å²) in [6.45, 7) is 4.22. The molecular formula is C18H25FIN3O. The van der Waals surface area contributed by atoms with Crippen LogP contribution in [0.3, 0.4) is 0 Å². The third-order valence-electron chi connectivity index (χ3n) is 3.38. The van der Waals surface area contributed by atoms with Crippen LogP contribution in [-0.4, -0.2) is 25.6 Å². The van der Waals surface area contributed by atoms with Crippen LogP contribution in [-0.2, 0) is 12.8 Å². The average molecular weight is 445 g/mol. The van der Waals surface area contributed by atoms with Gasteiger partial charge < -0.3 is 15.1 Å². The van der Waals surface area contributed by atoms with Gasteiger partial charge in [0.1, 0.15) is 11.6 Å². The van der Waals surface area contributed by atoms with Crippen molar-refractivity contribution in [2.45, 2.75) is 26.2 Å². The Balaban J connectivity index is 0.00000288. The van der Waals surface area contributed by atoms with Crippen LogP contribution in [0.1, 0.15) is 24.7 Å². The summed E-state index contributed by atoms with van der Waals surface area (Å²) >= 11 is 0. The fraction of sp³-hybridized carbons (Fsp3) is 0.389. The highest BCUT2D eigenvalue weighted by Gasteiger charge is 2.03. The third kappa shape index (κ3) is 7.33. The summed E-state index contributed by atoms with van der Waals surface area (Å²) in [5, 5.41) is 6.53. The van der Waals surface area contributed by atoms with Crippen LogP contribution in [0.25, 0.3) is 0 Å². The molecule has 2 rings (SSSR count). The van der Waals surface area contributed by atoms with E-state index in [-0.39, 0.29) is 29.8 Å². The molecule has 2 aromatic rings. The van der Waals surface area contributed by atoms with Gasteiger partial charge >= 0.3 is 0 Å². The van der Waals surface area contributed by atoms with Crippen LogP contribution in [0.2, 0.25) is 0 Å². The number of nitrogens with zero attached hydrogens (tertiary/aromatic N) is 1. The lowest BCUT2D eigenvalue weighted by atomic mass is 10.1. The molecule has 0 unspecified atom stereocenters. The minimum atomic E-state index is -0.160. The van der Waals surface area contributed by atoms with Gasteiger partial charge in [-0.2, -0.15) is 0 Å². The van der Waals surface area contributed by atoms with Crippen LogP contribution >= 0.6 is 24.0 Å². The van der Waals surface area contributed by atoms with E-state index in [2.05, 4.69) is 22.5 Å². The van der Waals surface area contributed by atoms with E-state index in [1.165, 1.54) is 6.07 Å². The molecule has 0 spiro atoms. The van der Waals surface area contributed by atoms with Crippen molar-refractivity contribution in [1.29, 1.82) is 0 Å². The molecule has 0 atom stereocenters. The van der Waals surface area contributed by atoms with E-state index in [4.69, 9.17) is 4.42 Å². The van der Waals surface area contributed by atoms with Gasteiger partial charge in [-0.3, -0.25) is 4.99 Å². The zero-order valence-electron chi connectivity index (χ0n) is 13.9. The normalized spacial score (nSPS) is 11.0. The van der Waals surface area contributed by atoms with Gasteiger partial charge in [0, 0.05) is 26.1 Å². The van der Waals surface area contributed by atoms with E-state index in [1.807, 2.05) is 24.3 Å². The second kappa shape index (κ2) is 11.9. The van der Waals surface area contributed by atoms with Gasteiger partial charge in [-0.05, 0) is 36.6 Å². The first-order chi connectivity index (χ1) is 11.3. The minimum absolute atomic E-state index is 0. The molecule has 4 nitrogen and oxygen atoms in total. The summed E-state index contributed by atoms with van der Waals surface area (Å²) < 4.78 is 18.9. The monoisotopic (exact) mass is 445 g/mol. The zero-order valence-corrected chi connectivity index (χ0v) is 16.3. The first-order valence-corrected chi connectivity index (χ1v) is 8.07. The Kier molecular flexibility index (Phi) is 10.1. The fourth-order valence-electron chi connectivity index (χ4n) is 2.17. The fourth-order valence-corrected chi connectivity index (χ4v) is 2.17. The van der Waals surface area contributed by atoms with E-state index < -0.39 is 0 Å². The van der Waals surface area contributed by atoms with Gasteiger partial charge in [0.2, 0.25) is 0 Å². The van der Waals surface area contributed by atoms with Crippen molar-refractivity contribution < 1.29 is 8.81 Å². The summed E-state index contributed by atoms with van der Waals surface area (Å²) in [6, 6.07) is 10.7. The Hall–Kier alpha value is -1.57. The molecule has 0 aliphatic heterocycles. The standard InChI is InChI=1S/C18H24FN3O.HI/c1-2-11-20-18(22-13-10-16-7-5-14-23-16)21-12-9-15-6-3-4-8-17(15)19;/h3-8,14H,2,9-13H2,1H3,(H2,20,21,22);1H. The number of rotatable bonds is 8. The molecule has 0 bridgehead atoms. The maximum atomic E-state index is 13.6. The summed E-state index contributed by atoms with van der Waals surface area (Å²) in [7, 11) is 0. The molecule has 0 fully saturated rings. The number of nitrogens with one attached hydrogen (secondary N) is 2. The van der Waals surface area contributed by atoms with Crippen molar-refractivity contribution in [2.75, 3.05) is 19.6 Å². The molecule has 6 heteroatoms. The topological polar surface area (TPSA) is 49.6 Å². The minimum Gasteiger partial charge on any atom is -0.469 e. The highest BCUT2D eigenvalue weighted by molar-refractivity contribution is 14.0. The molecular weight excluding hydrogens is 420 g/mol. The Morgan fingerprint density at radius 2 is 1.83 bits per heavy atom. The van der Waals surface area contributed by atoms with Crippen molar-refractivity contribution in [2.24, 2.45) is 4.99 Å². The smallest absolute Gasteiger partial charge is 0.191 e. The predicted octanol–water partition coefficient (Wildman–Crippen LogP) is 3.77. The second-order valence-electron chi connectivity index (χ2n) is 5.25. The molecule has 2 N–H and O–H groups in total. The van der Waals surface area contributed by atoms with Crippen LogP contribution in [0, 0.1) is 5.82 Å². The predicted molar refractivity (Wildman–Crippen MR) is 107 cm³/mol. The molecule has 1 heterocycles. The van der Waals surface area contributed by atoms with Crippen molar-refractivity contribution in [3.8, 4) is 0 Å². The van der Waals surface area contributed by atoms with Gasteiger partial charge in [-0.15, -0.1) is 24.0 Å². The maximum absolute atomic E-state index is 13.6. The summed E-state index contributed by atoms with van der Waals surface area (Å²) in [5.41, 5.74) is 0.713. The molecule has 132 valence electrons. The quantitative estimate of drug-likeness (QED) is 0.370. The highest BCUT2D eigenvalue weighted by atomic mass is 127. The Labute approximate surface area is 160 Å². The van der Waals surface area contributed by atoms with Gasteiger partial charge in [-0.25, -0.2) is 4.39 Å². The van der Waals surface area contributed by atoms with Gasteiger partial charge in [0.05, 0.1) is 6.26 Å². The number of halogens is 2. The molecule has 0 saturated heterocycles. The summed E-state index contributed by atoms with van der Waals surface area (Å²) in [4.78, 5) is 4.48. The van der Waals surface area contributed by atoms with Crippen molar-refractivity contribution in [3.05, 3.63) is 59.8 Å². The lowest BCUT2D eigenvalue weighted by Crippen LogP contribution is -2.39. The largest absolute Gasteiger partial charge is 0.469 e. The molecule has 0 aliphatic carbocycles. The lowest BCUT2D eigenvalue weighted by molar-refractivity contribution is 0.506. The van der Waals surface area contributed by atoms with Crippen LogP contribution < -0.4 is 10.6 Å². The molecule has 1 aromatic heterocycles. The van der Waals surface area contributed by atoms with Gasteiger partial charge in [-0.1, -0.05) is 25.1 Å². The molecule has 0 radical (unpaired) electrons. The van der Waals surface area contributed by atoms with E-state index in [1.54, 1.807) is 12.3 Å². The first kappa shape index (κ1) is 20.5. The van der Waals surface area contributed by atoms with E-state index in [0.29, 0.717) is 18.5 Å². The zero-order chi connectivity index (χ0) is 16.3. The number of hydrogen-bond acceptors (Lipinski definition) is 2. The summed E-state index contributed by atoms with van der Waals surface area (Å²) in [6.07, 6.45) is 4.08. The highest BCUT2D eigenvalue weighted by Crippen LogP contribution is 2.06. The van der Waals surface area contributed by atoms with Crippen LogP contribution in [0.5, 0.6) is 0 Å². The number of aliphatic imine (C=N–C) groups is 1. The average Bonchev–Trinajstić information content (AvgIpc) is 3.07. The molecule has 0 saturated carbocycles. The number of furan rings is 1. The number of hydrogen-bond donors (Lipinski definition) is 2. The number of benzene rings is 1. The molecule has 24 heavy (non-hydrogen) atoms. The molecule has 0 aliphatic rings. The van der Waals surface area contributed by atoms with Crippen molar-refractivity contribution in [3.63, 3.8) is 0 Å². The lowest BCUT2D eigenvalue weighted by Gasteiger charge is -2.12. The first-order valence-electron chi connectivity index (χ1n) is 8.07.